The number of aryl methyl sites for hydroxylation is 1. The molecule has 0 saturated heterocycles. The Morgan fingerprint density at radius 2 is 1.84 bits per heavy atom. The van der Waals surface area contributed by atoms with E-state index in [1.54, 1.807) is 18.2 Å². The number of anilines is 1. The van der Waals surface area contributed by atoms with Gasteiger partial charge in [0.25, 0.3) is 5.91 Å². The Hall–Kier alpha value is -4.45. The Morgan fingerprint density at radius 3 is 2.51 bits per heavy atom. The van der Waals surface area contributed by atoms with Gasteiger partial charge in [-0.15, -0.1) is 0 Å². The van der Waals surface area contributed by atoms with Crippen molar-refractivity contribution < 1.29 is 36.6 Å². The molecule has 0 spiro atoms. The number of nitrogens with zero attached hydrogens (tertiary/aromatic N) is 3. The largest absolute Gasteiger partial charge is 0.462 e. The Kier molecular flexibility index (Phi) is 7.39. The number of sulfone groups is 1. The molecule has 0 N–H and O–H groups in total. The summed E-state index contributed by atoms with van der Waals surface area (Å²) in [5.74, 6) is -1.04. The normalized spacial score (nSPS) is 12.5. The number of carbonyl (C=O) groups excluding carboxylic acids is 2. The standard InChI is InChI=1S/C25H23N3O8S/c1-4-17-13-20-21(35-15-34-20)14-19(17)23(29)28(25-27-26-22(36-25)24(30)33-3)11-5-6-12-37(31,32)18-9-7-16(2)8-10-18/h4,6-10,12-14H,1,5,11,15H2,2-3H3/b12-6-. The third kappa shape index (κ3) is 5.54. The molecule has 0 fully saturated rings. The lowest BCUT2D eigenvalue weighted by molar-refractivity contribution is 0.0555. The topological polar surface area (TPSA) is 138 Å². The summed E-state index contributed by atoms with van der Waals surface area (Å²) in [5.41, 5.74) is 1.60. The van der Waals surface area contributed by atoms with Crippen molar-refractivity contribution in [2.45, 2.75) is 18.2 Å². The quantitative estimate of drug-likeness (QED) is 0.381. The van der Waals surface area contributed by atoms with Crippen LogP contribution >= 0.6 is 0 Å². The number of ether oxygens (including phenoxy) is 3. The van der Waals surface area contributed by atoms with Crippen LogP contribution in [0.5, 0.6) is 11.5 Å². The number of amides is 1. The van der Waals surface area contributed by atoms with E-state index in [1.807, 2.05) is 6.92 Å². The molecule has 1 amide bonds. The lowest BCUT2D eigenvalue weighted by atomic mass is 10.0. The molecule has 12 heteroatoms. The van der Waals surface area contributed by atoms with Gasteiger partial charge in [0.2, 0.25) is 6.79 Å². The average molecular weight is 526 g/mol. The van der Waals surface area contributed by atoms with Crippen LogP contribution in [0.1, 0.15) is 38.6 Å². The van der Waals surface area contributed by atoms with Crippen LogP contribution in [0.25, 0.3) is 6.08 Å². The Balaban J connectivity index is 1.61. The first-order valence-corrected chi connectivity index (χ1v) is 12.6. The average Bonchev–Trinajstić information content (AvgIpc) is 3.57. The summed E-state index contributed by atoms with van der Waals surface area (Å²) in [6, 6.07) is 9.30. The molecular formula is C25H23N3O8S. The van der Waals surface area contributed by atoms with E-state index in [-0.39, 0.29) is 36.2 Å². The number of aromatic nitrogens is 2. The van der Waals surface area contributed by atoms with Gasteiger partial charge in [0.15, 0.2) is 21.3 Å². The maximum Gasteiger partial charge on any atom is 0.396 e. The fourth-order valence-electron chi connectivity index (χ4n) is 3.44. The second-order valence-corrected chi connectivity index (χ2v) is 9.69. The van der Waals surface area contributed by atoms with Crippen LogP contribution < -0.4 is 14.4 Å². The maximum absolute atomic E-state index is 13.6. The summed E-state index contributed by atoms with van der Waals surface area (Å²) in [5, 5.41) is 8.51. The number of hydrogen-bond donors (Lipinski definition) is 0. The van der Waals surface area contributed by atoms with Gasteiger partial charge in [-0.2, -0.15) is 0 Å². The van der Waals surface area contributed by atoms with Crippen LogP contribution in [-0.4, -0.2) is 50.9 Å². The van der Waals surface area contributed by atoms with Crippen molar-refractivity contribution in [1.29, 1.82) is 0 Å². The Bertz CT molecular complexity index is 1480. The van der Waals surface area contributed by atoms with Crippen LogP contribution in [0.2, 0.25) is 0 Å². The lowest BCUT2D eigenvalue weighted by Gasteiger charge is -2.19. The van der Waals surface area contributed by atoms with E-state index in [0.717, 1.165) is 23.0 Å². The zero-order chi connectivity index (χ0) is 26.6. The van der Waals surface area contributed by atoms with Crippen LogP contribution in [0.3, 0.4) is 0 Å². The zero-order valence-corrected chi connectivity index (χ0v) is 20.9. The summed E-state index contributed by atoms with van der Waals surface area (Å²) >= 11 is 0. The summed E-state index contributed by atoms with van der Waals surface area (Å²) in [6.07, 6.45) is 3.01. The first-order chi connectivity index (χ1) is 17.7. The summed E-state index contributed by atoms with van der Waals surface area (Å²) in [7, 11) is -2.53. The Labute approximate surface area is 212 Å². The Morgan fingerprint density at radius 1 is 1.14 bits per heavy atom. The number of methoxy groups -OCH3 is 1. The molecule has 3 aromatic rings. The molecule has 2 heterocycles. The molecule has 11 nitrogen and oxygen atoms in total. The summed E-state index contributed by atoms with van der Waals surface area (Å²) in [4.78, 5) is 26.7. The van der Waals surface area contributed by atoms with Crippen molar-refractivity contribution in [1.82, 2.24) is 10.2 Å². The third-order valence-corrected chi connectivity index (χ3v) is 6.87. The molecule has 1 aliphatic rings. The molecule has 37 heavy (non-hydrogen) atoms. The molecule has 0 unspecified atom stereocenters. The first-order valence-electron chi connectivity index (χ1n) is 11.0. The SMILES string of the molecule is C=Cc1cc2c(cc1C(=O)N(CC/C=C\S(=O)(=O)c1ccc(C)cc1)c1nnc(C(=O)OC)o1)OCO2. The van der Waals surface area contributed by atoms with Crippen molar-refractivity contribution in [3.05, 3.63) is 77.0 Å². The number of carbonyl (C=O) groups is 2. The van der Waals surface area contributed by atoms with Crippen molar-refractivity contribution in [3.8, 4) is 11.5 Å². The molecule has 192 valence electrons. The van der Waals surface area contributed by atoms with E-state index < -0.39 is 27.6 Å². The molecule has 0 saturated carbocycles. The van der Waals surface area contributed by atoms with Crippen LogP contribution in [0.4, 0.5) is 6.01 Å². The van der Waals surface area contributed by atoms with Crippen LogP contribution in [-0.2, 0) is 14.6 Å². The maximum atomic E-state index is 13.6. The molecule has 2 aromatic carbocycles. The number of hydrogen-bond acceptors (Lipinski definition) is 10. The number of benzene rings is 2. The lowest BCUT2D eigenvalue weighted by Crippen LogP contribution is -2.32. The van der Waals surface area contributed by atoms with Crippen LogP contribution in [0, 0.1) is 6.92 Å². The van der Waals surface area contributed by atoms with Gasteiger partial charge in [-0.05, 0) is 43.2 Å². The van der Waals surface area contributed by atoms with E-state index >= 15 is 0 Å². The van der Waals surface area contributed by atoms with Gasteiger partial charge in [0, 0.05) is 12.0 Å². The highest BCUT2D eigenvalue weighted by Crippen LogP contribution is 2.36. The molecule has 4 rings (SSSR count). The van der Waals surface area contributed by atoms with Crippen molar-refractivity contribution in [3.63, 3.8) is 0 Å². The van der Waals surface area contributed by atoms with Crippen molar-refractivity contribution in [2.24, 2.45) is 0 Å². The van der Waals surface area contributed by atoms with E-state index in [0.29, 0.717) is 17.1 Å². The first kappa shape index (κ1) is 25.6. The zero-order valence-electron chi connectivity index (χ0n) is 20.0. The summed E-state index contributed by atoms with van der Waals surface area (Å²) in [6.45, 7) is 5.57. The van der Waals surface area contributed by atoms with Crippen molar-refractivity contribution >= 4 is 33.8 Å². The second-order valence-electron chi connectivity index (χ2n) is 7.85. The highest BCUT2D eigenvalue weighted by Gasteiger charge is 2.28. The molecule has 0 radical (unpaired) electrons. The number of fused-ring (bicyclic) bond motifs is 1. The van der Waals surface area contributed by atoms with Gasteiger partial charge in [0.1, 0.15) is 0 Å². The third-order valence-electron chi connectivity index (χ3n) is 5.39. The highest BCUT2D eigenvalue weighted by molar-refractivity contribution is 7.94. The van der Waals surface area contributed by atoms with Gasteiger partial charge in [0.05, 0.1) is 17.6 Å². The summed E-state index contributed by atoms with van der Waals surface area (Å²) < 4.78 is 46.0. The van der Waals surface area contributed by atoms with Gasteiger partial charge < -0.3 is 18.6 Å². The van der Waals surface area contributed by atoms with Crippen LogP contribution in [0.15, 0.2) is 63.8 Å². The van der Waals surface area contributed by atoms with E-state index in [9.17, 15) is 18.0 Å². The van der Waals surface area contributed by atoms with E-state index in [2.05, 4.69) is 21.5 Å². The minimum absolute atomic E-state index is 0.0136. The monoisotopic (exact) mass is 525 g/mol. The number of rotatable bonds is 9. The van der Waals surface area contributed by atoms with E-state index in [4.69, 9.17) is 13.9 Å². The highest BCUT2D eigenvalue weighted by atomic mass is 32.2. The number of esters is 1. The molecule has 0 aliphatic carbocycles. The van der Waals surface area contributed by atoms with Gasteiger partial charge >= 0.3 is 17.9 Å². The van der Waals surface area contributed by atoms with Gasteiger partial charge in [-0.1, -0.05) is 46.6 Å². The minimum Gasteiger partial charge on any atom is -0.462 e. The molecule has 0 atom stereocenters. The predicted molar refractivity (Wildman–Crippen MR) is 132 cm³/mol. The van der Waals surface area contributed by atoms with Gasteiger partial charge in [-0.25, -0.2) is 13.2 Å². The fraction of sp³-hybridized carbons (Fsp3) is 0.200. The molecule has 1 aliphatic heterocycles. The van der Waals surface area contributed by atoms with Crippen molar-refractivity contribution in [2.75, 3.05) is 25.3 Å². The smallest absolute Gasteiger partial charge is 0.396 e. The predicted octanol–water partition coefficient (Wildman–Crippen LogP) is 3.56. The second kappa shape index (κ2) is 10.7. The molecule has 0 bridgehead atoms. The van der Waals surface area contributed by atoms with E-state index in [1.165, 1.54) is 30.4 Å². The molecular weight excluding hydrogens is 502 g/mol. The molecule has 1 aromatic heterocycles. The minimum atomic E-state index is -3.68. The van der Waals surface area contributed by atoms with Gasteiger partial charge in [-0.3, -0.25) is 9.69 Å². The fourth-order valence-corrected chi connectivity index (χ4v) is 4.50.